The molecule has 4 rings (SSSR count). The number of rotatable bonds is 6. The van der Waals surface area contributed by atoms with Gasteiger partial charge in [0.05, 0.1) is 15.6 Å². The van der Waals surface area contributed by atoms with Gasteiger partial charge in [-0.1, -0.05) is 37.0 Å². The molecule has 0 spiro atoms. The van der Waals surface area contributed by atoms with Crippen LogP contribution in [0.5, 0.6) is 0 Å². The first-order valence-electron chi connectivity index (χ1n) is 11.1. The second-order valence-electron chi connectivity index (χ2n) is 8.46. The minimum absolute atomic E-state index is 0.121. The maximum absolute atomic E-state index is 13.1. The molecule has 0 atom stereocenters. The van der Waals surface area contributed by atoms with Gasteiger partial charge in [0.2, 0.25) is 15.9 Å². The number of carbonyl (C=O) groups excluding carboxylic acids is 1. The van der Waals surface area contributed by atoms with Crippen molar-refractivity contribution in [3.63, 3.8) is 0 Å². The number of carbonyl (C=O) groups is 1. The van der Waals surface area contributed by atoms with Gasteiger partial charge in [0.15, 0.2) is 5.82 Å². The number of amides is 1. The van der Waals surface area contributed by atoms with Crippen LogP contribution in [0.25, 0.3) is 11.3 Å². The Morgan fingerprint density at radius 1 is 0.943 bits per heavy atom. The molecule has 3 aromatic rings. The molecule has 0 saturated carbocycles. The fourth-order valence-corrected chi connectivity index (χ4v) is 5.57. The largest absolute Gasteiger partial charge is 0.352 e. The Labute approximate surface area is 214 Å². The molecule has 1 N–H and O–H groups in total. The van der Waals surface area contributed by atoms with Gasteiger partial charge < -0.3 is 10.2 Å². The molecule has 2 heterocycles. The van der Waals surface area contributed by atoms with Crippen molar-refractivity contribution in [2.24, 2.45) is 5.92 Å². The Morgan fingerprint density at radius 2 is 1.63 bits per heavy atom. The monoisotopic (exact) mass is 533 g/mol. The summed E-state index contributed by atoms with van der Waals surface area (Å²) in [5, 5.41) is 12.4. The highest BCUT2D eigenvalue weighted by Gasteiger charge is 2.29. The summed E-state index contributed by atoms with van der Waals surface area (Å²) in [4.78, 5) is 14.0. The molecule has 1 aromatic heterocycles. The van der Waals surface area contributed by atoms with Crippen molar-refractivity contribution in [3.05, 3.63) is 64.6 Å². The van der Waals surface area contributed by atoms with E-state index < -0.39 is 10.0 Å². The lowest BCUT2D eigenvalue weighted by Gasteiger charge is -2.34. The van der Waals surface area contributed by atoms with Crippen LogP contribution in [0.4, 0.5) is 11.5 Å². The van der Waals surface area contributed by atoms with E-state index in [-0.39, 0.29) is 16.7 Å². The van der Waals surface area contributed by atoms with Crippen molar-refractivity contribution in [2.45, 2.75) is 18.7 Å². The fourth-order valence-electron chi connectivity index (χ4n) is 3.64. The molecule has 1 saturated heterocycles. The lowest BCUT2D eigenvalue weighted by atomic mass is 10.1. The summed E-state index contributed by atoms with van der Waals surface area (Å²) in [6.45, 7) is 5.20. The van der Waals surface area contributed by atoms with Gasteiger partial charge in [-0.15, -0.1) is 10.2 Å². The smallest absolute Gasteiger partial charge is 0.243 e. The maximum atomic E-state index is 13.1. The minimum Gasteiger partial charge on any atom is -0.352 e. The third-order valence-electron chi connectivity index (χ3n) is 5.70. The normalized spacial score (nSPS) is 14.8. The highest BCUT2D eigenvalue weighted by Crippen LogP contribution is 2.29. The number of hydrogen-bond acceptors (Lipinski definition) is 6. The zero-order valence-corrected chi connectivity index (χ0v) is 21.6. The molecule has 11 heteroatoms. The van der Waals surface area contributed by atoms with E-state index in [9.17, 15) is 13.2 Å². The van der Waals surface area contributed by atoms with Gasteiger partial charge in [0.25, 0.3) is 0 Å². The summed E-state index contributed by atoms with van der Waals surface area (Å²) < 4.78 is 27.7. The van der Waals surface area contributed by atoms with E-state index in [2.05, 4.69) is 15.5 Å². The van der Waals surface area contributed by atoms with E-state index in [1.54, 1.807) is 44.2 Å². The second kappa shape index (κ2) is 10.5. The van der Waals surface area contributed by atoms with Gasteiger partial charge in [-0.3, -0.25) is 4.79 Å². The topological polar surface area (TPSA) is 95.5 Å². The third kappa shape index (κ3) is 5.75. The Morgan fingerprint density at radius 3 is 2.20 bits per heavy atom. The molecule has 8 nitrogen and oxygen atoms in total. The van der Waals surface area contributed by atoms with E-state index in [1.165, 1.54) is 16.4 Å². The number of nitrogens with zero attached hydrogens (tertiary/aromatic N) is 4. The number of anilines is 2. The van der Waals surface area contributed by atoms with Crippen molar-refractivity contribution in [1.82, 2.24) is 14.5 Å². The minimum atomic E-state index is -3.65. The Kier molecular flexibility index (Phi) is 7.61. The Hall–Kier alpha value is -2.72. The second-order valence-corrected chi connectivity index (χ2v) is 11.2. The summed E-state index contributed by atoms with van der Waals surface area (Å²) in [5.74, 6) is 0.385. The molecule has 1 fully saturated rings. The number of aromatic nitrogens is 2. The van der Waals surface area contributed by atoms with E-state index >= 15 is 0 Å². The lowest BCUT2D eigenvalue weighted by molar-refractivity contribution is -0.118. The molecule has 0 unspecified atom stereocenters. The summed E-state index contributed by atoms with van der Waals surface area (Å²) in [6, 6.07) is 15.1. The van der Waals surface area contributed by atoms with Crippen LogP contribution < -0.4 is 10.2 Å². The molecule has 2 aromatic carbocycles. The molecular weight excluding hydrogens is 509 g/mol. The number of sulfonamides is 1. The summed E-state index contributed by atoms with van der Waals surface area (Å²) >= 11 is 12.2. The number of piperazine rings is 1. The van der Waals surface area contributed by atoms with Crippen LogP contribution in [-0.2, 0) is 14.8 Å². The first-order valence-corrected chi connectivity index (χ1v) is 13.3. The van der Waals surface area contributed by atoms with Crippen LogP contribution in [-0.4, -0.2) is 55.0 Å². The molecule has 0 aliphatic carbocycles. The zero-order chi connectivity index (χ0) is 25.2. The van der Waals surface area contributed by atoms with Crippen molar-refractivity contribution in [3.8, 4) is 11.3 Å². The summed E-state index contributed by atoms with van der Waals surface area (Å²) in [5.41, 5.74) is 1.93. The fraction of sp³-hybridized carbons (Fsp3) is 0.292. The quantitative estimate of drug-likeness (QED) is 0.499. The third-order valence-corrected chi connectivity index (χ3v) is 8.16. The molecule has 1 amide bonds. The van der Waals surface area contributed by atoms with E-state index in [0.29, 0.717) is 53.4 Å². The van der Waals surface area contributed by atoms with E-state index in [4.69, 9.17) is 23.2 Å². The first kappa shape index (κ1) is 25.4. The van der Waals surface area contributed by atoms with Crippen molar-refractivity contribution in [2.75, 3.05) is 36.4 Å². The summed E-state index contributed by atoms with van der Waals surface area (Å²) in [7, 11) is -3.65. The van der Waals surface area contributed by atoms with E-state index in [0.717, 1.165) is 5.56 Å². The standard InChI is InChI=1S/C24H25Cl2N5O3S/c1-16(2)24(32)27-18-4-6-19(7-5-18)35(33,34)31-13-11-30(12-14-31)23-10-9-22(28-29-23)20-8-3-17(25)15-21(20)26/h3-10,15-16H,11-14H2,1-2H3,(H,27,32). The van der Waals surface area contributed by atoms with Crippen molar-refractivity contribution in [1.29, 1.82) is 0 Å². The van der Waals surface area contributed by atoms with Crippen LogP contribution in [0.1, 0.15) is 13.8 Å². The van der Waals surface area contributed by atoms with E-state index in [1.807, 2.05) is 17.0 Å². The average molecular weight is 534 g/mol. The average Bonchev–Trinajstić information content (AvgIpc) is 2.84. The maximum Gasteiger partial charge on any atom is 0.243 e. The van der Waals surface area contributed by atoms with Gasteiger partial charge in [-0.2, -0.15) is 4.31 Å². The SMILES string of the molecule is CC(C)C(=O)Nc1ccc(S(=O)(=O)N2CCN(c3ccc(-c4ccc(Cl)cc4Cl)nn3)CC2)cc1. The summed E-state index contributed by atoms with van der Waals surface area (Å²) in [6.07, 6.45) is 0. The first-order chi connectivity index (χ1) is 16.6. The van der Waals surface area contributed by atoms with Gasteiger partial charge in [0.1, 0.15) is 0 Å². The highest BCUT2D eigenvalue weighted by molar-refractivity contribution is 7.89. The molecule has 1 aliphatic heterocycles. The van der Waals surface area contributed by atoms with Crippen LogP contribution in [0.15, 0.2) is 59.5 Å². The molecule has 1 aliphatic rings. The Bertz CT molecular complexity index is 1310. The molecular formula is C24H25Cl2N5O3S. The molecule has 35 heavy (non-hydrogen) atoms. The van der Waals surface area contributed by atoms with Gasteiger partial charge >= 0.3 is 0 Å². The number of halogens is 2. The van der Waals surface area contributed by atoms with Gasteiger partial charge in [-0.05, 0) is 54.6 Å². The molecule has 184 valence electrons. The van der Waals surface area contributed by atoms with Crippen LogP contribution in [0.2, 0.25) is 10.0 Å². The Balaban J connectivity index is 1.39. The number of hydrogen-bond donors (Lipinski definition) is 1. The van der Waals surface area contributed by atoms with Crippen molar-refractivity contribution < 1.29 is 13.2 Å². The van der Waals surface area contributed by atoms with Crippen molar-refractivity contribution >= 4 is 50.6 Å². The van der Waals surface area contributed by atoms with Crippen LogP contribution in [0.3, 0.4) is 0 Å². The zero-order valence-electron chi connectivity index (χ0n) is 19.3. The predicted molar refractivity (Wildman–Crippen MR) is 138 cm³/mol. The number of nitrogens with one attached hydrogen (secondary N) is 1. The predicted octanol–water partition coefficient (Wildman–Crippen LogP) is 4.56. The lowest BCUT2D eigenvalue weighted by Crippen LogP contribution is -2.49. The van der Waals surface area contributed by atoms with Gasteiger partial charge in [-0.25, -0.2) is 8.42 Å². The highest BCUT2D eigenvalue weighted by atomic mass is 35.5. The molecule has 0 radical (unpaired) electrons. The molecule has 0 bridgehead atoms. The van der Waals surface area contributed by atoms with Gasteiger partial charge in [0, 0.05) is 48.4 Å². The van der Waals surface area contributed by atoms with Crippen LogP contribution in [0, 0.1) is 5.92 Å². The van der Waals surface area contributed by atoms with Crippen LogP contribution >= 0.6 is 23.2 Å². The number of benzene rings is 2.